The van der Waals surface area contributed by atoms with E-state index in [-0.39, 0.29) is 12.4 Å². The molecule has 2 heterocycles. The molecule has 0 radical (unpaired) electrons. The van der Waals surface area contributed by atoms with Crippen LogP contribution in [0.2, 0.25) is 0 Å². The number of aromatic nitrogens is 4. The van der Waals surface area contributed by atoms with Gasteiger partial charge in [0, 0.05) is 0 Å². The highest BCUT2D eigenvalue weighted by atomic mass is 19.1. The molecule has 0 aromatic carbocycles. The molecule has 0 fully saturated rings. The van der Waals surface area contributed by atoms with E-state index in [0.717, 1.165) is 6.20 Å². The van der Waals surface area contributed by atoms with Crippen LogP contribution in [0, 0.1) is 5.82 Å². The number of nitrogens with zero attached hydrogens (tertiary/aromatic N) is 3. The normalized spacial score (nSPS) is 10.4. The number of pyridine rings is 1. The third-order valence-electron chi connectivity index (χ3n) is 1.68. The largest absolute Gasteiger partial charge is 0.324 e. The predicted octanol–water partition coefficient (Wildman–Crippen LogP) is 0.465. The van der Waals surface area contributed by atoms with Crippen LogP contribution in [-0.2, 0) is 6.54 Å². The number of nitrogens with one attached hydrogen (secondary N) is 1. The number of rotatable bonds is 2. The summed E-state index contributed by atoms with van der Waals surface area (Å²) in [4.78, 5) is 7.89. The number of aromatic amines is 1. The van der Waals surface area contributed by atoms with Gasteiger partial charge in [0.1, 0.15) is 17.3 Å². The van der Waals surface area contributed by atoms with Crippen LogP contribution in [0.4, 0.5) is 4.39 Å². The summed E-state index contributed by atoms with van der Waals surface area (Å²) in [6.07, 6.45) is 1.12. The van der Waals surface area contributed by atoms with Crippen LogP contribution in [0.3, 0.4) is 0 Å². The van der Waals surface area contributed by atoms with Crippen molar-refractivity contribution in [3.63, 3.8) is 0 Å². The maximum Gasteiger partial charge on any atom is 0.199 e. The van der Waals surface area contributed by atoms with E-state index in [1.807, 2.05) is 0 Å². The van der Waals surface area contributed by atoms with E-state index < -0.39 is 0 Å². The Balaban J connectivity index is 2.34. The van der Waals surface area contributed by atoms with Gasteiger partial charge in [0.15, 0.2) is 5.82 Å². The lowest BCUT2D eigenvalue weighted by molar-refractivity contribution is 0.621. The van der Waals surface area contributed by atoms with Gasteiger partial charge in [-0.15, -0.1) is 0 Å². The Morgan fingerprint density at radius 2 is 2.29 bits per heavy atom. The molecular formula is C8H8FN5. The molecule has 0 aliphatic heterocycles. The van der Waals surface area contributed by atoms with Gasteiger partial charge in [0.2, 0.25) is 0 Å². The molecule has 0 saturated carbocycles. The molecule has 0 saturated heterocycles. The minimum Gasteiger partial charge on any atom is -0.324 e. The number of halogens is 1. The molecule has 0 bridgehead atoms. The Bertz CT molecular complexity index is 422. The van der Waals surface area contributed by atoms with E-state index in [1.165, 1.54) is 12.1 Å². The van der Waals surface area contributed by atoms with Crippen molar-refractivity contribution in [2.75, 3.05) is 0 Å². The van der Waals surface area contributed by atoms with E-state index in [0.29, 0.717) is 17.3 Å². The zero-order valence-electron chi connectivity index (χ0n) is 7.24. The van der Waals surface area contributed by atoms with Crippen molar-refractivity contribution in [3.8, 4) is 11.5 Å². The highest BCUT2D eigenvalue weighted by molar-refractivity contribution is 5.47. The zero-order chi connectivity index (χ0) is 9.97. The number of nitrogens with two attached hydrogens (primary N) is 1. The zero-order valence-corrected chi connectivity index (χ0v) is 7.24. The van der Waals surface area contributed by atoms with E-state index in [1.54, 1.807) is 0 Å². The summed E-state index contributed by atoms with van der Waals surface area (Å²) in [6.45, 7) is 0.286. The summed E-state index contributed by atoms with van der Waals surface area (Å²) in [5.41, 5.74) is 5.87. The molecular weight excluding hydrogens is 185 g/mol. The lowest BCUT2D eigenvalue weighted by Crippen LogP contribution is -1.98. The minimum atomic E-state index is -0.386. The molecule has 14 heavy (non-hydrogen) atoms. The van der Waals surface area contributed by atoms with Gasteiger partial charge >= 0.3 is 0 Å². The maximum absolute atomic E-state index is 12.5. The van der Waals surface area contributed by atoms with Gasteiger partial charge in [-0.25, -0.2) is 14.4 Å². The molecule has 0 atom stereocenters. The SMILES string of the molecule is NCc1nc(-c2ccc(F)cn2)n[nH]1. The van der Waals surface area contributed by atoms with Crippen LogP contribution in [0.1, 0.15) is 5.82 Å². The molecule has 2 aromatic heterocycles. The van der Waals surface area contributed by atoms with Crippen molar-refractivity contribution in [1.82, 2.24) is 20.2 Å². The molecule has 0 aliphatic rings. The molecule has 2 aromatic rings. The van der Waals surface area contributed by atoms with Gasteiger partial charge < -0.3 is 5.73 Å². The number of hydrogen-bond donors (Lipinski definition) is 2. The van der Waals surface area contributed by atoms with Crippen LogP contribution in [0.5, 0.6) is 0 Å². The van der Waals surface area contributed by atoms with Crippen LogP contribution >= 0.6 is 0 Å². The molecule has 3 N–H and O–H groups in total. The molecule has 5 nitrogen and oxygen atoms in total. The van der Waals surface area contributed by atoms with Gasteiger partial charge in [-0.3, -0.25) is 5.10 Å². The van der Waals surface area contributed by atoms with Crippen molar-refractivity contribution in [3.05, 3.63) is 30.0 Å². The average Bonchev–Trinajstić information content (AvgIpc) is 2.67. The van der Waals surface area contributed by atoms with Gasteiger partial charge in [0.05, 0.1) is 12.7 Å². The predicted molar refractivity (Wildman–Crippen MR) is 47.5 cm³/mol. The fraction of sp³-hybridized carbons (Fsp3) is 0.125. The fourth-order valence-corrected chi connectivity index (χ4v) is 1.01. The smallest absolute Gasteiger partial charge is 0.199 e. The topological polar surface area (TPSA) is 80.5 Å². The van der Waals surface area contributed by atoms with E-state index in [9.17, 15) is 4.39 Å². The van der Waals surface area contributed by atoms with Gasteiger partial charge in [-0.05, 0) is 12.1 Å². The first-order chi connectivity index (χ1) is 6.79. The first-order valence-electron chi connectivity index (χ1n) is 4.03. The standard InChI is InChI=1S/C8H8FN5/c9-5-1-2-6(11-4-5)8-12-7(3-10)13-14-8/h1-2,4H,3,10H2,(H,12,13,14). The van der Waals surface area contributed by atoms with Gasteiger partial charge in [-0.2, -0.15) is 5.10 Å². The molecule has 2 rings (SSSR count). The van der Waals surface area contributed by atoms with E-state index >= 15 is 0 Å². The Morgan fingerprint density at radius 1 is 1.43 bits per heavy atom. The van der Waals surface area contributed by atoms with Crippen LogP contribution in [-0.4, -0.2) is 20.2 Å². The second-order valence-electron chi connectivity index (χ2n) is 2.67. The summed E-state index contributed by atoms with van der Waals surface area (Å²) in [5, 5.41) is 6.53. The first-order valence-corrected chi connectivity index (χ1v) is 4.03. The summed E-state index contributed by atoms with van der Waals surface area (Å²) in [5.74, 6) is 0.611. The van der Waals surface area contributed by atoms with Crippen molar-refractivity contribution in [1.29, 1.82) is 0 Å². The van der Waals surface area contributed by atoms with Crippen molar-refractivity contribution in [2.45, 2.75) is 6.54 Å². The average molecular weight is 193 g/mol. The van der Waals surface area contributed by atoms with Crippen molar-refractivity contribution < 1.29 is 4.39 Å². The van der Waals surface area contributed by atoms with Crippen LogP contribution in [0.15, 0.2) is 18.3 Å². The van der Waals surface area contributed by atoms with Gasteiger partial charge in [-0.1, -0.05) is 0 Å². The highest BCUT2D eigenvalue weighted by Gasteiger charge is 2.05. The molecule has 6 heteroatoms. The Kier molecular flexibility index (Phi) is 2.19. The minimum absolute atomic E-state index is 0.286. The quantitative estimate of drug-likeness (QED) is 0.726. The molecule has 0 amide bonds. The number of hydrogen-bond acceptors (Lipinski definition) is 4. The van der Waals surface area contributed by atoms with Crippen LogP contribution < -0.4 is 5.73 Å². The first kappa shape index (κ1) is 8.76. The van der Waals surface area contributed by atoms with E-state index in [2.05, 4.69) is 20.2 Å². The summed E-state index contributed by atoms with van der Waals surface area (Å²) >= 11 is 0. The summed E-state index contributed by atoms with van der Waals surface area (Å²) in [7, 11) is 0. The molecule has 0 aliphatic carbocycles. The molecule has 0 spiro atoms. The third kappa shape index (κ3) is 1.60. The highest BCUT2D eigenvalue weighted by Crippen LogP contribution is 2.10. The second-order valence-corrected chi connectivity index (χ2v) is 2.67. The Morgan fingerprint density at radius 3 is 2.86 bits per heavy atom. The fourth-order valence-electron chi connectivity index (χ4n) is 1.01. The third-order valence-corrected chi connectivity index (χ3v) is 1.68. The Labute approximate surface area is 79.2 Å². The van der Waals surface area contributed by atoms with Crippen LogP contribution in [0.25, 0.3) is 11.5 Å². The Hall–Kier alpha value is -1.82. The lowest BCUT2D eigenvalue weighted by Gasteiger charge is -1.92. The second kappa shape index (κ2) is 3.51. The molecule has 0 unspecified atom stereocenters. The number of H-pyrrole nitrogens is 1. The van der Waals surface area contributed by atoms with Crippen molar-refractivity contribution in [2.24, 2.45) is 5.73 Å². The monoisotopic (exact) mass is 193 g/mol. The summed E-state index contributed by atoms with van der Waals surface area (Å²) < 4.78 is 12.5. The lowest BCUT2D eigenvalue weighted by atomic mass is 10.3. The van der Waals surface area contributed by atoms with Gasteiger partial charge in [0.25, 0.3) is 0 Å². The maximum atomic E-state index is 12.5. The summed E-state index contributed by atoms with van der Waals surface area (Å²) in [6, 6.07) is 2.82. The van der Waals surface area contributed by atoms with E-state index in [4.69, 9.17) is 5.73 Å². The molecule has 72 valence electrons. The van der Waals surface area contributed by atoms with Crippen molar-refractivity contribution >= 4 is 0 Å².